The van der Waals surface area contributed by atoms with Gasteiger partial charge in [0, 0.05) is 18.7 Å². The molecule has 1 heterocycles. The van der Waals surface area contributed by atoms with E-state index in [0.717, 1.165) is 31.6 Å². The van der Waals surface area contributed by atoms with Crippen molar-refractivity contribution in [3.05, 3.63) is 28.2 Å². The number of benzene rings is 1. The monoisotopic (exact) mass is 314 g/mol. The molecule has 0 bridgehead atoms. The predicted molar refractivity (Wildman–Crippen MR) is 84.7 cm³/mol. The topological polar surface area (TPSA) is 32.3 Å². The lowest BCUT2D eigenvalue weighted by molar-refractivity contribution is -0.119. The number of carbonyl (C=O) groups excluding carboxylic acids is 1. The van der Waals surface area contributed by atoms with Gasteiger partial charge in [-0.3, -0.25) is 4.79 Å². The lowest BCUT2D eigenvalue weighted by Crippen LogP contribution is -2.35. The smallest absolute Gasteiger partial charge is 0.227 e. The van der Waals surface area contributed by atoms with E-state index in [9.17, 15) is 4.79 Å². The number of hydrogen-bond donors (Lipinski definition) is 1. The van der Waals surface area contributed by atoms with Crippen LogP contribution in [0.25, 0.3) is 0 Å². The summed E-state index contributed by atoms with van der Waals surface area (Å²) >= 11 is 12.0. The molecule has 0 aliphatic carbocycles. The minimum Gasteiger partial charge on any atom is -0.317 e. The van der Waals surface area contributed by atoms with Crippen molar-refractivity contribution in [1.82, 2.24) is 5.32 Å². The van der Waals surface area contributed by atoms with Crippen LogP contribution in [0.2, 0.25) is 10.0 Å². The Hall–Kier alpha value is -0.770. The van der Waals surface area contributed by atoms with Gasteiger partial charge in [0.05, 0.1) is 10.0 Å². The van der Waals surface area contributed by atoms with Gasteiger partial charge in [-0.2, -0.15) is 0 Å². The standard InChI is InChI=1S/C15H20Cl2N2O/c1-2-19(12-3-4-13(16)14(17)10-12)15(20)9-11-5-7-18-8-6-11/h3-4,10-11,18H,2,5-9H2,1H3. The molecule has 2 rings (SSSR count). The molecule has 1 fully saturated rings. The van der Waals surface area contributed by atoms with Gasteiger partial charge in [-0.05, 0) is 57.0 Å². The van der Waals surface area contributed by atoms with E-state index in [0.29, 0.717) is 28.9 Å². The molecule has 0 saturated carbocycles. The van der Waals surface area contributed by atoms with E-state index in [-0.39, 0.29) is 5.91 Å². The highest BCUT2D eigenvalue weighted by atomic mass is 35.5. The van der Waals surface area contributed by atoms with Gasteiger partial charge in [-0.1, -0.05) is 23.2 Å². The molecule has 1 aliphatic rings. The molecule has 20 heavy (non-hydrogen) atoms. The Labute approximate surface area is 130 Å². The quantitative estimate of drug-likeness (QED) is 0.918. The fourth-order valence-electron chi connectivity index (χ4n) is 2.60. The van der Waals surface area contributed by atoms with Gasteiger partial charge in [0.25, 0.3) is 0 Å². The lowest BCUT2D eigenvalue weighted by Gasteiger charge is -2.26. The molecule has 0 unspecified atom stereocenters. The summed E-state index contributed by atoms with van der Waals surface area (Å²) in [6, 6.07) is 5.34. The van der Waals surface area contributed by atoms with Crippen LogP contribution in [0.15, 0.2) is 18.2 Å². The number of halogens is 2. The van der Waals surface area contributed by atoms with E-state index in [1.54, 1.807) is 17.0 Å². The summed E-state index contributed by atoms with van der Waals surface area (Å²) in [5.41, 5.74) is 0.820. The van der Waals surface area contributed by atoms with Gasteiger partial charge in [0.15, 0.2) is 0 Å². The molecule has 110 valence electrons. The molecular weight excluding hydrogens is 295 g/mol. The predicted octanol–water partition coefficient (Wildman–Crippen LogP) is 3.74. The molecule has 1 aromatic rings. The van der Waals surface area contributed by atoms with Crippen LogP contribution in [0.3, 0.4) is 0 Å². The highest BCUT2D eigenvalue weighted by Crippen LogP contribution is 2.28. The second kappa shape index (κ2) is 7.30. The molecule has 5 heteroatoms. The summed E-state index contributed by atoms with van der Waals surface area (Å²) in [5.74, 6) is 0.651. The Morgan fingerprint density at radius 3 is 2.60 bits per heavy atom. The summed E-state index contributed by atoms with van der Waals surface area (Å²) in [5, 5.41) is 4.31. The van der Waals surface area contributed by atoms with Crippen molar-refractivity contribution >= 4 is 34.8 Å². The van der Waals surface area contributed by atoms with Crippen molar-refractivity contribution in [2.75, 3.05) is 24.5 Å². The Balaban J connectivity index is 2.06. The van der Waals surface area contributed by atoms with E-state index in [4.69, 9.17) is 23.2 Å². The minimum atomic E-state index is 0.165. The fourth-order valence-corrected chi connectivity index (χ4v) is 2.89. The third kappa shape index (κ3) is 3.87. The van der Waals surface area contributed by atoms with Crippen molar-refractivity contribution in [2.45, 2.75) is 26.2 Å². The molecule has 0 atom stereocenters. The molecular formula is C15H20Cl2N2O. The highest BCUT2D eigenvalue weighted by molar-refractivity contribution is 6.42. The summed E-state index contributed by atoms with van der Waals surface area (Å²) < 4.78 is 0. The maximum atomic E-state index is 12.5. The second-order valence-corrected chi connectivity index (χ2v) is 5.95. The van der Waals surface area contributed by atoms with Crippen LogP contribution in [-0.4, -0.2) is 25.5 Å². The summed E-state index contributed by atoms with van der Waals surface area (Å²) in [4.78, 5) is 14.3. The van der Waals surface area contributed by atoms with E-state index in [1.807, 2.05) is 13.0 Å². The maximum absolute atomic E-state index is 12.5. The first kappa shape index (κ1) is 15.6. The molecule has 0 spiro atoms. The average molecular weight is 315 g/mol. The van der Waals surface area contributed by atoms with Crippen LogP contribution in [0.1, 0.15) is 26.2 Å². The first-order valence-electron chi connectivity index (χ1n) is 7.08. The number of nitrogens with zero attached hydrogens (tertiary/aromatic N) is 1. The number of hydrogen-bond acceptors (Lipinski definition) is 2. The van der Waals surface area contributed by atoms with E-state index in [2.05, 4.69) is 5.32 Å². The molecule has 1 saturated heterocycles. The van der Waals surface area contributed by atoms with Crippen molar-refractivity contribution in [3.8, 4) is 0 Å². The highest BCUT2D eigenvalue weighted by Gasteiger charge is 2.21. The Bertz CT molecular complexity index is 473. The summed E-state index contributed by atoms with van der Waals surface area (Å²) in [7, 11) is 0. The van der Waals surface area contributed by atoms with Crippen molar-refractivity contribution < 1.29 is 4.79 Å². The van der Waals surface area contributed by atoms with Crippen LogP contribution < -0.4 is 10.2 Å². The molecule has 1 amide bonds. The Kier molecular flexibility index (Phi) is 5.70. The average Bonchev–Trinajstić information content (AvgIpc) is 2.44. The van der Waals surface area contributed by atoms with E-state index in [1.165, 1.54) is 0 Å². The van der Waals surface area contributed by atoms with Crippen molar-refractivity contribution in [3.63, 3.8) is 0 Å². The van der Waals surface area contributed by atoms with Crippen LogP contribution >= 0.6 is 23.2 Å². The first-order valence-corrected chi connectivity index (χ1v) is 7.83. The van der Waals surface area contributed by atoms with Gasteiger partial charge >= 0.3 is 0 Å². The van der Waals surface area contributed by atoms with Gasteiger partial charge in [-0.25, -0.2) is 0 Å². The van der Waals surface area contributed by atoms with Gasteiger partial charge < -0.3 is 10.2 Å². The third-order valence-corrected chi connectivity index (χ3v) is 4.49. The number of amides is 1. The number of rotatable bonds is 4. The Morgan fingerprint density at radius 1 is 1.30 bits per heavy atom. The van der Waals surface area contributed by atoms with Crippen molar-refractivity contribution in [2.24, 2.45) is 5.92 Å². The zero-order valence-electron chi connectivity index (χ0n) is 11.7. The van der Waals surface area contributed by atoms with Gasteiger partial charge in [0.1, 0.15) is 0 Å². The molecule has 1 aliphatic heterocycles. The second-order valence-electron chi connectivity index (χ2n) is 5.13. The minimum absolute atomic E-state index is 0.165. The van der Waals surface area contributed by atoms with Crippen LogP contribution in [-0.2, 0) is 4.79 Å². The SMILES string of the molecule is CCN(C(=O)CC1CCNCC1)c1ccc(Cl)c(Cl)c1. The van der Waals surface area contributed by atoms with E-state index >= 15 is 0 Å². The molecule has 1 aromatic carbocycles. The summed E-state index contributed by atoms with van der Waals surface area (Å²) in [6.07, 6.45) is 2.76. The number of nitrogens with one attached hydrogen (secondary N) is 1. The zero-order chi connectivity index (χ0) is 14.5. The fraction of sp³-hybridized carbons (Fsp3) is 0.533. The molecule has 1 N–H and O–H groups in total. The summed E-state index contributed by atoms with van der Waals surface area (Å²) in [6.45, 7) is 4.64. The van der Waals surface area contributed by atoms with Crippen molar-refractivity contribution in [1.29, 1.82) is 0 Å². The Morgan fingerprint density at radius 2 is 2.00 bits per heavy atom. The molecule has 0 radical (unpaired) electrons. The van der Waals surface area contributed by atoms with Crippen LogP contribution in [0.4, 0.5) is 5.69 Å². The largest absolute Gasteiger partial charge is 0.317 e. The molecule has 0 aromatic heterocycles. The van der Waals surface area contributed by atoms with Crippen LogP contribution in [0.5, 0.6) is 0 Å². The molecule has 3 nitrogen and oxygen atoms in total. The van der Waals surface area contributed by atoms with Gasteiger partial charge in [-0.15, -0.1) is 0 Å². The van der Waals surface area contributed by atoms with E-state index < -0.39 is 0 Å². The maximum Gasteiger partial charge on any atom is 0.227 e. The zero-order valence-corrected chi connectivity index (χ0v) is 13.2. The van der Waals surface area contributed by atoms with Crippen LogP contribution in [0, 0.1) is 5.92 Å². The normalized spacial score (nSPS) is 16.1. The third-order valence-electron chi connectivity index (χ3n) is 3.75. The number of carbonyl (C=O) groups is 1. The lowest BCUT2D eigenvalue weighted by atomic mass is 9.94. The first-order chi connectivity index (χ1) is 9.61. The number of piperidine rings is 1. The van der Waals surface area contributed by atoms with Gasteiger partial charge in [0.2, 0.25) is 5.91 Å². The number of anilines is 1.